The topological polar surface area (TPSA) is 38.1 Å². The minimum Gasteiger partial charge on any atom is -0.390 e. The predicted octanol–water partition coefficient (Wildman–Crippen LogP) is 4.53. The number of nitrogens with zero attached hydrogens (tertiary/aromatic N) is 2. The Kier molecular flexibility index (Phi) is 3.66. The molecule has 1 saturated carbocycles. The number of benzene rings is 1. The van der Waals surface area contributed by atoms with Gasteiger partial charge < -0.3 is 5.11 Å². The van der Waals surface area contributed by atoms with Crippen LogP contribution in [0.2, 0.25) is 0 Å². The van der Waals surface area contributed by atoms with Gasteiger partial charge in [-0.25, -0.2) is 9.07 Å². The third-order valence-electron chi connectivity index (χ3n) is 6.12. The molecule has 2 aliphatic carbocycles. The van der Waals surface area contributed by atoms with E-state index < -0.39 is 5.60 Å². The van der Waals surface area contributed by atoms with Crippen LogP contribution in [0.5, 0.6) is 0 Å². The Hall–Kier alpha value is -1.94. The molecule has 0 radical (unpaired) electrons. The molecule has 0 spiro atoms. The lowest BCUT2D eigenvalue weighted by atomic mass is 9.56. The number of allylic oxidation sites excluding steroid dienone is 1. The normalized spacial score (nSPS) is 26.0. The molecule has 1 heterocycles. The highest BCUT2D eigenvalue weighted by atomic mass is 19.1. The van der Waals surface area contributed by atoms with E-state index in [2.05, 4.69) is 18.1 Å². The van der Waals surface area contributed by atoms with E-state index in [1.54, 1.807) is 12.1 Å². The van der Waals surface area contributed by atoms with Crippen LogP contribution in [0, 0.1) is 17.2 Å². The third kappa shape index (κ3) is 2.63. The molecule has 0 unspecified atom stereocenters. The maximum atomic E-state index is 13.2. The zero-order valence-corrected chi connectivity index (χ0v) is 15.1. The second-order valence-electron chi connectivity index (χ2n) is 8.31. The van der Waals surface area contributed by atoms with Crippen LogP contribution >= 0.6 is 0 Å². The van der Waals surface area contributed by atoms with Gasteiger partial charge in [0.1, 0.15) is 5.82 Å². The van der Waals surface area contributed by atoms with Crippen molar-refractivity contribution >= 4 is 6.08 Å². The van der Waals surface area contributed by atoms with E-state index in [4.69, 9.17) is 0 Å². The second kappa shape index (κ2) is 5.53. The van der Waals surface area contributed by atoms with Crippen LogP contribution in [0.25, 0.3) is 11.8 Å². The average Bonchev–Trinajstić information content (AvgIpc) is 2.93. The van der Waals surface area contributed by atoms with Crippen LogP contribution in [0.15, 0.2) is 36.0 Å². The van der Waals surface area contributed by atoms with Crippen LogP contribution in [0.4, 0.5) is 4.39 Å². The van der Waals surface area contributed by atoms with Gasteiger partial charge in [0.15, 0.2) is 0 Å². The number of fused-ring (bicyclic) bond motifs is 2. The summed E-state index contributed by atoms with van der Waals surface area (Å²) in [6.07, 6.45) is 8.30. The first kappa shape index (κ1) is 16.5. The van der Waals surface area contributed by atoms with Crippen LogP contribution in [-0.4, -0.2) is 20.5 Å². The van der Waals surface area contributed by atoms with Gasteiger partial charge in [-0.05, 0) is 86.8 Å². The Morgan fingerprint density at radius 2 is 2.00 bits per heavy atom. The van der Waals surface area contributed by atoms with E-state index in [0.29, 0.717) is 0 Å². The number of rotatable bonds is 2. The monoisotopic (exact) mass is 340 g/mol. The van der Waals surface area contributed by atoms with Crippen molar-refractivity contribution < 1.29 is 9.50 Å². The van der Waals surface area contributed by atoms with Crippen LogP contribution in [0.3, 0.4) is 0 Å². The molecule has 0 saturated heterocycles. The molecule has 0 bridgehead atoms. The summed E-state index contributed by atoms with van der Waals surface area (Å²) >= 11 is 0. The van der Waals surface area contributed by atoms with E-state index >= 15 is 0 Å². The Morgan fingerprint density at radius 1 is 1.28 bits per heavy atom. The zero-order valence-electron chi connectivity index (χ0n) is 15.1. The van der Waals surface area contributed by atoms with Crippen LogP contribution < -0.4 is 0 Å². The standard InChI is InChI=1S/C21H25FN2O/c1-20(2,25)19-6-4-5-15-11-18-14(12-21(15,19)3)13-23-24(18)17-9-7-16(22)8-10-17/h7-11,13,19,25H,4-6,12H2,1-3H3/t19-,21+/m1/s1. The molecule has 2 atom stereocenters. The molecule has 25 heavy (non-hydrogen) atoms. The van der Waals surface area contributed by atoms with Gasteiger partial charge in [0.25, 0.3) is 0 Å². The SMILES string of the molecule is CC(C)(O)[C@H]1CCCC2=Cc3c(cnn3-c3ccc(F)cc3)C[C@@]21C. The molecule has 2 aliphatic rings. The first-order valence-electron chi connectivity index (χ1n) is 9.05. The Morgan fingerprint density at radius 3 is 2.68 bits per heavy atom. The smallest absolute Gasteiger partial charge is 0.123 e. The highest BCUT2D eigenvalue weighted by Gasteiger charge is 2.48. The Bertz CT molecular complexity index is 829. The maximum Gasteiger partial charge on any atom is 0.123 e. The van der Waals surface area contributed by atoms with Gasteiger partial charge in [-0.3, -0.25) is 0 Å². The third-order valence-corrected chi connectivity index (χ3v) is 6.12. The van der Waals surface area contributed by atoms with Gasteiger partial charge >= 0.3 is 0 Å². The van der Waals surface area contributed by atoms with E-state index in [9.17, 15) is 9.50 Å². The molecule has 132 valence electrons. The molecular weight excluding hydrogens is 315 g/mol. The van der Waals surface area contributed by atoms with Gasteiger partial charge in [0.05, 0.1) is 23.2 Å². The summed E-state index contributed by atoms with van der Waals surface area (Å²) in [5, 5.41) is 15.3. The predicted molar refractivity (Wildman–Crippen MR) is 96.9 cm³/mol. The van der Waals surface area contributed by atoms with Crippen molar-refractivity contribution in [2.75, 3.05) is 0 Å². The van der Waals surface area contributed by atoms with Gasteiger partial charge in [-0.15, -0.1) is 0 Å². The quantitative estimate of drug-likeness (QED) is 0.872. The summed E-state index contributed by atoms with van der Waals surface area (Å²) < 4.78 is 15.1. The van der Waals surface area contributed by atoms with Crippen molar-refractivity contribution in [1.29, 1.82) is 0 Å². The molecule has 1 aromatic heterocycles. The fourth-order valence-electron chi connectivity index (χ4n) is 4.96. The number of aromatic nitrogens is 2. The minimum absolute atomic E-state index is 0.0276. The van der Waals surface area contributed by atoms with Gasteiger partial charge in [0, 0.05) is 0 Å². The van der Waals surface area contributed by atoms with Crippen molar-refractivity contribution in [2.45, 2.75) is 52.1 Å². The summed E-state index contributed by atoms with van der Waals surface area (Å²) in [4.78, 5) is 0. The Balaban J connectivity index is 1.78. The first-order chi connectivity index (χ1) is 11.8. The van der Waals surface area contributed by atoms with E-state index in [0.717, 1.165) is 37.1 Å². The first-order valence-corrected chi connectivity index (χ1v) is 9.05. The van der Waals surface area contributed by atoms with Crippen molar-refractivity contribution in [3.8, 4) is 5.69 Å². The highest BCUT2D eigenvalue weighted by molar-refractivity contribution is 5.61. The van der Waals surface area contributed by atoms with Crippen molar-refractivity contribution in [3.63, 3.8) is 0 Å². The zero-order chi connectivity index (χ0) is 17.8. The molecule has 3 nitrogen and oxygen atoms in total. The van der Waals surface area contributed by atoms with Gasteiger partial charge in [-0.2, -0.15) is 5.10 Å². The second-order valence-corrected chi connectivity index (χ2v) is 8.31. The summed E-state index contributed by atoms with van der Waals surface area (Å²) in [6.45, 7) is 6.16. The highest BCUT2D eigenvalue weighted by Crippen LogP contribution is 2.54. The number of hydrogen-bond donors (Lipinski definition) is 1. The molecular formula is C21H25FN2O. The Labute approximate surface area is 148 Å². The number of hydrogen-bond acceptors (Lipinski definition) is 2. The minimum atomic E-state index is -0.696. The fourth-order valence-corrected chi connectivity index (χ4v) is 4.96. The molecule has 4 rings (SSSR count). The molecule has 4 heteroatoms. The van der Waals surface area contributed by atoms with Gasteiger partial charge in [0.2, 0.25) is 0 Å². The molecule has 0 aliphatic heterocycles. The molecule has 1 aromatic carbocycles. The molecule has 0 amide bonds. The van der Waals surface area contributed by atoms with E-state index in [1.807, 2.05) is 24.7 Å². The summed E-state index contributed by atoms with van der Waals surface area (Å²) in [7, 11) is 0. The lowest BCUT2D eigenvalue weighted by Crippen LogP contribution is -2.47. The fraction of sp³-hybridized carbons (Fsp3) is 0.476. The summed E-state index contributed by atoms with van der Waals surface area (Å²) in [5.74, 6) is -0.00155. The summed E-state index contributed by atoms with van der Waals surface area (Å²) in [5.41, 5.74) is 3.85. The molecule has 1 N–H and O–H groups in total. The maximum absolute atomic E-state index is 13.2. The number of halogens is 1. The van der Waals surface area contributed by atoms with Crippen molar-refractivity contribution in [2.24, 2.45) is 11.3 Å². The molecule has 1 fully saturated rings. The van der Waals surface area contributed by atoms with Crippen molar-refractivity contribution in [3.05, 3.63) is 53.1 Å². The lowest BCUT2D eigenvalue weighted by Gasteiger charge is -2.50. The van der Waals surface area contributed by atoms with Gasteiger partial charge in [-0.1, -0.05) is 12.5 Å². The largest absolute Gasteiger partial charge is 0.390 e. The lowest BCUT2D eigenvalue weighted by molar-refractivity contribution is -0.0461. The number of aliphatic hydroxyl groups is 1. The van der Waals surface area contributed by atoms with Crippen LogP contribution in [-0.2, 0) is 6.42 Å². The van der Waals surface area contributed by atoms with E-state index in [-0.39, 0.29) is 17.2 Å². The molecule has 2 aromatic rings. The van der Waals surface area contributed by atoms with Crippen LogP contribution in [0.1, 0.15) is 51.3 Å². The van der Waals surface area contributed by atoms with E-state index in [1.165, 1.54) is 23.3 Å². The summed E-state index contributed by atoms with van der Waals surface area (Å²) in [6, 6.07) is 6.45. The average molecular weight is 340 g/mol. The van der Waals surface area contributed by atoms with Crippen molar-refractivity contribution in [1.82, 2.24) is 9.78 Å².